The second-order valence-electron chi connectivity index (χ2n) is 36.6. The molecule has 144 heavy (non-hydrogen) atoms. The van der Waals surface area contributed by atoms with Crippen LogP contribution in [0.15, 0.2) is 546 Å². The van der Waals surface area contributed by atoms with Gasteiger partial charge >= 0.3 is 0 Å². The lowest BCUT2D eigenvalue weighted by Gasteiger charge is -2.28. The number of hydrogen-bond donors (Lipinski definition) is 0. The molecule has 0 fully saturated rings. The predicted molar refractivity (Wildman–Crippen MR) is 608 cm³/mol. The van der Waals surface area contributed by atoms with Gasteiger partial charge in [0.1, 0.15) is 0 Å². The zero-order valence-corrected chi connectivity index (χ0v) is 78.5. The Morgan fingerprint density at radius 3 is 0.785 bits per heavy atom. The lowest BCUT2D eigenvalue weighted by atomic mass is 9.87. The summed E-state index contributed by atoms with van der Waals surface area (Å²) in [6.45, 7) is 0. The number of pyridine rings is 4. The van der Waals surface area contributed by atoms with E-state index in [1.54, 1.807) is 0 Å². The monoisotopic (exact) mass is 1830 g/mol. The van der Waals surface area contributed by atoms with Crippen molar-refractivity contribution in [1.82, 2.24) is 19.9 Å². The van der Waals surface area contributed by atoms with Gasteiger partial charge in [-0.1, -0.05) is 376 Å². The molecule has 8 nitrogen and oxygen atoms in total. The number of aromatic nitrogens is 4. The average molecular weight is 1840 g/mol. The summed E-state index contributed by atoms with van der Waals surface area (Å²) < 4.78 is 0. The van der Waals surface area contributed by atoms with E-state index in [-0.39, 0.29) is 0 Å². The van der Waals surface area contributed by atoms with Gasteiger partial charge in [-0.15, -0.1) is 0 Å². The van der Waals surface area contributed by atoms with Crippen molar-refractivity contribution < 1.29 is 0 Å². The molecule has 4 heterocycles. The van der Waals surface area contributed by atoms with E-state index < -0.39 is 0 Å². The van der Waals surface area contributed by atoms with Crippen LogP contribution in [0.1, 0.15) is 0 Å². The first-order valence-electron chi connectivity index (χ1n) is 49.0. The van der Waals surface area contributed by atoms with Gasteiger partial charge in [-0.05, 0) is 257 Å². The van der Waals surface area contributed by atoms with Gasteiger partial charge in [0.15, 0.2) is 0 Å². The summed E-state index contributed by atoms with van der Waals surface area (Å²) in [6.07, 6.45) is 0. The van der Waals surface area contributed by atoms with E-state index in [1.807, 2.05) is 0 Å². The van der Waals surface area contributed by atoms with Gasteiger partial charge in [0.25, 0.3) is 0 Å². The molecule has 0 bridgehead atoms. The van der Waals surface area contributed by atoms with Crippen molar-refractivity contribution in [3.63, 3.8) is 0 Å². The standard InChI is InChI=1S/C70H46N4.C66H44N4/c1-4-19-48(20-5-1)67-62-30-16-17-31-64(62)71-70-63(67)44-35-50-36-45-65(72-69(50)70)68-60-28-14-12-26-58(60)66(59-27-13-15-29-61(59)68)49-33-37-54(38-34-49)74(57-39-32-47-18-10-11-21-51(47)46-57)56-42-40-55(41-43-56)73(52-22-6-2-7-23-52)53-24-8-3-9-25-53;1-4-17-47(18-5-1)64-60-26-14-15-27-62(60)68-66-61(64)40-31-48-32-43-63(67-65(48)66)59-42-41-56(57-24-12-13-25-58(57)59)46-29-33-52(34-30-46)70(55-35-28-45-16-10-11-19-49(45)44-55)54-38-36-53(37-39-54)69(50-20-6-2-7-21-50)51-22-8-3-9-23-51/h1-46H;1-44H. The topological polar surface area (TPSA) is 64.5 Å². The molecule has 0 spiro atoms. The SMILES string of the molecule is c1ccc(-c2c3ccccc3nc3c2ccc2ccc(-c4c5ccccc5c(-c5ccc(N(c6ccc(N(c7ccccc7)c7ccccc7)cc6)c6ccc7ccccc7c6)cc5)c5ccccc45)nc23)cc1.c1ccc(-c2c3ccccc3nc3c2ccc2ccc(-c4ccc(-c5ccc(N(c6ccc(N(c7ccccc7)c7ccccc7)cc6)c6ccc7ccccc7c6)cc5)c5ccccc45)nc23)cc1. The molecule has 0 saturated carbocycles. The highest BCUT2D eigenvalue weighted by Gasteiger charge is 2.26. The second-order valence-corrected chi connectivity index (χ2v) is 36.6. The molecular weight excluding hydrogens is 1750 g/mol. The highest BCUT2D eigenvalue weighted by Crippen LogP contribution is 2.50. The van der Waals surface area contributed by atoms with E-state index >= 15 is 0 Å². The van der Waals surface area contributed by atoms with Gasteiger partial charge in [0.05, 0.1) is 44.5 Å². The van der Waals surface area contributed by atoms with Crippen molar-refractivity contribution in [3.8, 4) is 67.0 Å². The normalized spacial score (nSPS) is 11.5. The van der Waals surface area contributed by atoms with Gasteiger partial charge in [0, 0.05) is 123 Å². The fourth-order valence-electron chi connectivity index (χ4n) is 21.5. The maximum absolute atomic E-state index is 5.60. The minimum absolute atomic E-state index is 0.895. The first kappa shape index (κ1) is 85.2. The molecule has 0 N–H and O–H groups in total. The van der Waals surface area contributed by atoms with E-state index in [9.17, 15) is 0 Å². The highest BCUT2D eigenvalue weighted by atomic mass is 15.2. The highest BCUT2D eigenvalue weighted by molar-refractivity contribution is 6.23. The van der Waals surface area contributed by atoms with Gasteiger partial charge in [-0.3, -0.25) is 0 Å². The van der Waals surface area contributed by atoms with E-state index in [0.717, 1.165) is 189 Å². The van der Waals surface area contributed by atoms with Crippen LogP contribution in [0.5, 0.6) is 0 Å². The summed E-state index contributed by atoms with van der Waals surface area (Å²) in [5.74, 6) is 0. The number of para-hydroxylation sites is 6. The molecule has 27 rings (SSSR count). The molecule has 8 heteroatoms. The third-order valence-electron chi connectivity index (χ3n) is 28.2. The van der Waals surface area contributed by atoms with Gasteiger partial charge in [0.2, 0.25) is 0 Å². The zero-order chi connectivity index (χ0) is 95.3. The van der Waals surface area contributed by atoms with Crippen LogP contribution in [0.25, 0.3) is 186 Å². The first-order chi connectivity index (χ1) is 71.4. The Hall–Kier alpha value is -19.3. The molecular formula is C136H90N8. The van der Waals surface area contributed by atoms with Gasteiger partial charge in [-0.2, -0.15) is 0 Å². The summed E-state index contributed by atoms with van der Waals surface area (Å²) in [7, 11) is 0. The van der Waals surface area contributed by atoms with Crippen LogP contribution in [0.2, 0.25) is 0 Å². The summed E-state index contributed by atoms with van der Waals surface area (Å²) >= 11 is 0. The quantitative estimate of drug-likeness (QED) is 0.0622. The molecule has 0 atom stereocenters. The lowest BCUT2D eigenvalue weighted by molar-refractivity contribution is 1.26. The minimum Gasteiger partial charge on any atom is -0.311 e. The second kappa shape index (κ2) is 36.9. The molecule has 0 aliphatic rings. The first-order valence-corrected chi connectivity index (χ1v) is 49.0. The fraction of sp³-hybridized carbons (Fsp3) is 0. The Bertz CT molecular complexity index is 9420. The Balaban J connectivity index is 0.000000147. The smallest absolute Gasteiger partial charge is 0.0978 e. The van der Waals surface area contributed by atoms with Crippen LogP contribution in [0.4, 0.5) is 68.2 Å². The van der Waals surface area contributed by atoms with Crippen LogP contribution >= 0.6 is 0 Å². The third-order valence-corrected chi connectivity index (χ3v) is 28.2. The van der Waals surface area contributed by atoms with Crippen LogP contribution in [0, 0.1) is 0 Å². The van der Waals surface area contributed by atoms with E-state index in [1.165, 1.54) is 65.5 Å². The Kier molecular flexibility index (Phi) is 21.8. The molecule has 27 aromatic rings. The Morgan fingerprint density at radius 2 is 0.382 bits per heavy atom. The maximum Gasteiger partial charge on any atom is 0.0978 e. The summed E-state index contributed by atoms with van der Waals surface area (Å²) in [5.41, 5.74) is 31.9. The molecule has 0 aliphatic heterocycles. The number of benzene rings is 23. The van der Waals surface area contributed by atoms with Crippen molar-refractivity contribution in [2.24, 2.45) is 0 Å². The number of anilines is 12. The molecule has 0 radical (unpaired) electrons. The summed E-state index contributed by atoms with van der Waals surface area (Å²) in [4.78, 5) is 31.0. The largest absolute Gasteiger partial charge is 0.311 e. The number of fused-ring (bicyclic) bond motifs is 13. The van der Waals surface area contributed by atoms with Crippen LogP contribution in [0.3, 0.4) is 0 Å². The number of nitrogens with zero attached hydrogens (tertiary/aromatic N) is 8. The van der Waals surface area contributed by atoms with Crippen LogP contribution in [-0.4, -0.2) is 19.9 Å². The van der Waals surface area contributed by atoms with E-state index in [2.05, 4.69) is 566 Å². The van der Waals surface area contributed by atoms with Crippen LogP contribution in [-0.2, 0) is 0 Å². The van der Waals surface area contributed by atoms with Crippen molar-refractivity contribution >= 4 is 188 Å². The Labute approximate surface area is 834 Å². The molecule has 23 aromatic carbocycles. The lowest BCUT2D eigenvalue weighted by Crippen LogP contribution is -2.12. The fourth-order valence-corrected chi connectivity index (χ4v) is 21.5. The summed E-state index contributed by atoms with van der Waals surface area (Å²) in [6, 6.07) is 195. The Morgan fingerprint density at radius 1 is 0.125 bits per heavy atom. The molecule has 0 saturated heterocycles. The van der Waals surface area contributed by atoms with E-state index in [0.29, 0.717) is 0 Å². The maximum atomic E-state index is 5.60. The van der Waals surface area contributed by atoms with Gasteiger partial charge in [-0.25, -0.2) is 19.9 Å². The van der Waals surface area contributed by atoms with Crippen molar-refractivity contribution in [2.75, 3.05) is 19.6 Å². The molecule has 4 aromatic heterocycles. The molecule has 0 amide bonds. The predicted octanol–water partition coefficient (Wildman–Crippen LogP) is 37.5. The molecule has 0 aliphatic carbocycles. The molecule has 0 unspecified atom stereocenters. The molecule has 674 valence electrons. The van der Waals surface area contributed by atoms with Crippen LogP contribution < -0.4 is 19.6 Å². The number of hydrogen-bond acceptors (Lipinski definition) is 8. The minimum atomic E-state index is 0.895. The third kappa shape index (κ3) is 15.7. The summed E-state index contributed by atoms with van der Waals surface area (Å²) in [5, 5.41) is 18.4. The zero-order valence-electron chi connectivity index (χ0n) is 78.5. The van der Waals surface area contributed by atoms with Crippen molar-refractivity contribution in [3.05, 3.63) is 546 Å². The van der Waals surface area contributed by atoms with Crippen molar-refractivity contribution in [2.45, 2.75) is 0 Å². The number of rotatable bonds is 18. The van der Waals surface area contributed by atoms with Crippen molar-refractivity contribution in [1.29, 1.82) is 0 Å². The average Bonchev–Trinajstić information content (AvgIpc) is 0.724. The van der Waals surface area contributed by atoms with E-state index in [4.69, 9.17) is 19.9 Å². The van der Waals surface area contributed by atoms with Gasteiger partial charge < -0.3 is 19.6 Å².